The van der Waals surface area contributed by atoms with E-state index < -0.39 is 0 Å². The molecule has 0 aromatic rings. The van der Waals surface area contributed by atoms with Crippen LogP contribution in [-0.2, 0) is 9.53 Å². The molecule has 3 saturated heterocycles. The second kappa shape index (κ2) is 8.88. The first-order chi connectivity index (χ1) is 11.7. The number of hydrogen-bond donors (Lipinski definition) is 2. The number of thioether (sulfide) groups is 1. The van der Waals surface area contributed by atoms with Gasteiger partial charge in [0.25, 0.3) is 0 Å². The number of morpholine rings is 1. The van der Waals surface area contributed by atoms with Gasteiger partial charge in [0.05, 0.1) is 13.2 Å². The maximum atomic E-state index is 12.5. The molecule has 2 N–H and O–H groups in total. The number of rotatable bonds is 6. The van der Waals surface area contributed by atoms with E-state index in [-0.39, 0.29) is 11.4 Å². The Morgan fingerprint density at radius 2 is 2.29 bits per heavy atom. The predicted molar refractivity (Wildman–Crippen MR) is 99.4 cm³/mol. The van der Waals surface area contributed by atoms with Crippen molar-refractivity contribution in [3.05, 3.63) is 0 Å². The fourth-order valence-corrected chi connectivity index (χ4v) is 5.77. The highest BCUT2D eigenvalue weighted by Gasteiger charge is 2.40. The molecule has 0 radical (unpaired) electrons. The van der Waals surface area contributed by atoms with Crippen LogP contribution in [0, 0.1) is 11.8 Å². The fourth-order valence-electron chi connectivity index (χ4n) is 4.29. The van der Waals surface area contributed by atoms with Crippen LogP contribution in [-0.4, -0.2) is 73.8 Å². The van der Waals surface area contributed by atoms with Crippen molar-refractivity contribution < 1.29 is 9.53 Å². The Morgan fingerprint density at radius 1 is 1.46 bits per heavy atom. The second-order valence-electron chi connectivity index (χ2n) is 7.69. The predicted octanol–water partition coefficient (Wildman–Crippen LogP) is 1.34. The summed E-state index contributed by atoms with van der Waals surface area (Å²) in [6.45, 7) is 8.89. The number of ether oxygens (including phenoxy) is 1. The molecule has 3 rings (SSSR count). The van der Waals surface area contributed by atoms with E-state index in [1.807, 2.05) is 11.8 Å². The van der Waals surface area contributed by atoms with Crippen molar-refractivity contribution in [2.45, 2.75) is 38.1 Å². The summed E-state index contributed by atoms with van der Waals surface area (Å²) >= 11 is 2.02. The van der Waals surface area contributed by atoms with E-state index in [2.05, 4.69) is 22.5 Å². The number of hydrogen-bond acceptors (Lipinski definition) is 5. The summed E-state index contributed by atoms with van der Waals surface area (Å²) < 4.78 is 5.51. The van der Waals surface area contributed by atoms with E-state index in [4.69, 9.17) is 4.74 Å². The SMILES string of the molecule is CC(CC(=O)NCC1(N2CCOCC2)CCSC1)C1CCCNC1. The van der Waals surface area contributed by atoms with Gasteiger partial charge >= 0.3 is 0 Å². The summed E-state index contributed by atoms with van der Waals surface area (Å²) in [4.78, 5) is 15.1. The average Bonchev–Trinajstić information content (AvgIpc) is 3.12. The van der Waals surface area contributed by atoms with Crippen LogP contribution >= 0.6 is 11.8 Å². The molecule has 0 aliphatic carbocycles. The monoisotopic (exact) mass is 355 g/mol. The van der Waals surface area contributed by atoms with Crippen molar-refractivity contribution in [1.82, 2.24) is 15.5 Å². The molecule has 3 fully saturated rings. The van der Waals surface area contributed by atoms with Gasteiger partial charge in [0.15, 0.2) is 0 Å². The molecule has 24 heavy (non-hydrogen) atoms. The molecule has 1 amide bonds. The highest BCUT2D eigenvalue weighted by molar-refractivity contribution is 7.99. The van der Waals surface area contributed by atoms with E-state index in [1.165, 1.54) is 25.0 Å². The standard InChI is InChI=1S/C18H33N3O2S/c1-15(16-3-2-5-19-12-16)11-17(22)20-13-18(4-10-24-14-18)21-6-8-23-9-7-21/h15-16,19H,2-14H2,1H3,(H,20,22). The molecule has 0 spiro atoms. The minimum absolute atomic E-state index is 0.153. The highest BCUT2D eigenvalue weighted by Crippen LogP contribution is 2.33. The van der Waals surface area contributed by atoms with E-state index >= 15 is 0 Å². The molecule has 0 aromatic heterocycles. The van der Waals surface area contributed by atoms with Crippen LogP contribution in [0.25, 0.3) is 0 Å². The number of carbonyl (C=O) groups excluding carboxylic acids is 1. The fraction of sp³-hybridized carbons (Fsp3) is 0.944. The zero-order valence-electron chi connectivity index (χ0n) is 15.0. The zero-order chi connectivity index (χ0) is 16.8. The Balaban J connectivity index is 1.48. The first-order valence-electron chi connectivity index (χ1n) is 9.58. The third-order valence-corrected chi connectivity index (χ3v) is 7.26. The quantitative estimate of drug-likeness (QED) is 0.753. The summed E-state index contributed by atoms with van der Waals surface area (Å²) in [6, 6.07) is 0. The van der Waals surface area contributed by atoms with Gasteiger partial charge in [0.2, 0.25) is 5.91 Å². The number of nitrogens with one attached hydrogen (secondary N) is 2. The summed E-state index contributed by atoms with van der Waals surface area (Å²) in [5, 5.41) is 6.74. The number of amides is 1. The lowest BCUT2D eigenvalue weighted by atomic mass is 9.85. The van der Waals surface area contributed by atoms with E-state index in [0.717, 1.165) is 51.7 Å². The Hall–Kier alpha value is -0.300. The van der Waals surface area contributed by atoms with Crippen molar-refractivity contribution in [3.63, 3.8) is 0 Å². The Kier molecular flexibility index (Phi) is 6.84. The van der Waals surface area contributed by atoms with Crippen LogP contribution in [0.15, 0.2) is 0 Å². The smallest absolute Gasteiger partial charge is 0.220 e. The van der Waals surface area contributed by atoms with Crippen molar-refractivity contribution >= 4 is 17.7 Å². The molecule has 6 heteroatoms. The molecule has 0 aromatic carbocycles. The van der Waals surface area contributed by atoms with Crippen LogP contribution < -0.4 is 10.6 Å². The molecule has 5 nitrogen and oxygen atoms in total. The topological polar surface area (TPSA) is 53.6 Å². The molecule has 138 valence electrons. The summed E-state index contributed by atoms with van der Waals surface area (Å²) in [7, 11) is 0. The van der Waals surface area contributed by atoms with Crippen LogP contribution in [0.5, 0.6) is 0 Å². The van der Waals surface area contributed by atoms with Crippen LogP contribution in [0.4, 0.5) is 0 Å². The van der Waals surface area contributed by atoms with Crippen molar-refractivity contribution in [3.8, 4) is 0 Å². The van der Waals surface area contributed by atoms with Crippen LogP contribution in [0.1, 0.15) is 32.6 Å². The lowest BCUT2D eigenvalue weighted by molar-refractivity contribution is -0.123. The van der Waals surface area contributed by atoms with Crippen molar-refractivity contribution in [1.29, 1.82) is 0 Å². The van der Waals surface area contributed by atoms with Gasteiger partial charge in [0.1, 0.15) is 0 Å². The van der Waals surface area contributed by atoms with Crippen molar-refractivity contribution in [2.24, 2.45) is 11.8 Å². The highest BCUT2D eigenvalue weighted by atomic mass is 32.2. The second-order valence-corrected chi connectivity index (χ2v) is 8.80. The molecule has 3 heterocycles. The van der Waals surface area contributed by atoms with Crippen LogP contribution in [0.3, 0.4) is 0 Å². The summed E-state index contributed by atoms with van der Waals surface area (Å²) in [6.07, 6.45) is 4.35. The molecule has 3 unspecified atom stereocenters. The Labute approximate surface area is 150 Å². The third-order valence-electron chi connectivity index (χ3n) is 6.03. The van der Waals surface area contributed by atoms with Gasteiger partial charge in [-0.2, -0.15) is 11.8 Å². The van der Waals surface area contributed by atoms with Gasteiger partial charge in [-0.25, -0.2) is 0 Å². The molecular formula is C18H33N3O2S. The number of carbonyl (C=O) groups is 1. The average molecular weight is 356 g/mol. The molecule has 3 atom stereocenters. The number of nitrogens with zero attached hydrogens (tertiary/aromatic N) is 1. The van der Waals surface area contributed by atoms with Crippen LogP contribution in [0.2, 0.25) is 0 Å². The normalized spacial score (nSPS) is 33.3. The largest absolute Gasteiger partial charge is 0.379 e. The van der Waals surface area contributed by atoms with E-state index in [1.54, 1.807) is 0 Å². The minimum atomic E-state index is 0.153. The van der Waals surface area contributed by atoms with Crippen molar-refractivity contribution in [2.75, 3.05) is 57.4 Å². The zero-order valence-corrected chi connectivity index (χ0v) is 15.8. The summed E-state index contributed by atoms with van der Waals surface area (Å²) in [5.74, 6) is 3.69. The molecule has 3 aliphatic rings. The maximum absolute atomic E-state index is 12.5. The van der Waals surface area contributed by atoms with Gasteiger partial charge in [-0.15, -0.1) is 0 Å². The maximum Gasteiger partial charge on any atom is 0.220 e. The Morgan fingerprint density at radius 3 is 2.96 bits per heavy atom. The third kappa shape index (κ3) is 4.65. The van der Waals surface area contributed by atoms with Gasteiger partial charge in [-0.3, -0.25) is 9.69 Å². The number of piperidine rings is 1. The Bertz CT molecular complexity index is 403. The van der Waals surface area contributed by atoms with E-state index in [0.29, 0.717) is 18.3 Å². The van der Waals surface area contributed by atoms with Gasteiger partial charge < -0.3 is 15.4 Å². The molecule has 0 bridgehead atoms. The molecular weight excluding hydrogens is 322 g/mol. The van der Waals surface area contributed by atoms with Gasteiger partial charge in [-0.05, 0) is 49.9 Å². The first kappa shape index (κ1) is 18.5. The van der Waals surface area contributed by atoms with E-state index in [9.17, 15) is 4.79 Å². The summed E-state index contributed by atoms with van der Waals surface area (Å²) in [5.41, 5.74) is 0.153. The first-order valence-corrected chi connectivity index (χ1v) is 10.7. The van der Waals surface area contributed by atoms with Gasteiger partial charge in [0, 0.05) is 37.3 Å². The lowest BCUT2D eigenvalue weighted by Crippen LogP contribution is -2.59. The van der Waals surface area contributed by atoms with Gasteiger partial charge in [-0.1, -0.05) is 6.92 Å². The minimum Gasteiger partial charge on any atom is -0.379 e. The lowest BCUT2D eigenvalue weighted by Gasteiger charge is -2.43. The molecule has 3 aliphatic heterocycles. The molecule has 0 saturated carbocycles.